The Kier molecular flexibility index (Phi) is 5.19. The van der Waals surface area contributed by atoms with E-state index < -0.39 is 0 Å². The lowest BCUT2D eigenvalue weighted by Gasteiger charge is -2.32. The fraction of sp³-hybridized carbons (Fsp3) is 0.857. The van der Waals surface area contributed by atoms with Gasteiger partial charge in [0, 0.05) is 45.7 Å². The van der Waals surface area contributed by atoms with Gasteiger partial charge < -0.3 is 15.0 Å². The summed E-state index contributed by atoms with van der Waals surface area (Å²) in [5.74, 6) is 0.770. The topological polar surface area (TPSA) is 58.6 Å². The van der Waals surface area contributed by atoms with E-state index in [0.29, 0.717) is 12.3 Å². The molecule has 0 saturated carbocycles. The molecular weight excluding hydrogens is 244 g/mol. The molecule has 0 aliphatic carbocycles. The van der Waals surface area contributed by atoms with Crippen LogP contribution in [0.5, 0.6) is 0 Å². The van der Waals surface area contributed by atoms with E-state index in [1.165, 1.54) is 0 Å². The second kappa shape index (κ2) is 6.89. The van der Waals surface area contributed by atoms with Gasteiger partial charge in [0.2, 0.25) is 11.8 Å². The fourth-order valence-corrected chi connectivity index (χ4v) is 2.84. The molecule has 0 aromatic heterocycles. The average Bonchev–Trinajstić information content (AvgIpc) is 2.40. The van der Waals surface area contributed by atoms with Crippen molar-refractivity contribution in [3.8, 4) is 0 Å². The van der Waals surface area contributed by atoms with Gasteiger partial charge in [0.15, 0.2) is 0 Å². The number of nitrogens with zero attached hydrogens (tertiary/aromatic N) is 1. The second-order valence-corrected chi connectivity index (χ2v) is 5.61. The zero-order valence-electron chi connectivity index (χ0n) is 11.7. The molecule has 108 valence electrons. The molecule has 0 unspecified atom stereocenters. The minimum atomic E-state index is 0.131. The highest BCUT2D eigenvalue weighted by Gasteiger charge is 2.23. The van der Waals surface area contributed by atoms with Gasteiger partial charge in [-0.2, -0.15) is 0 Å². The maximum absolute atomic E-state index is 12.0. The Hall–Kier alpha value is -1.10. The number of carbonyl (C=O) groups is 2. The minimum absolute atomic E-state index is 0.131. The summed E-state index contributed by atoms with van der Waals surface area (Å²) in [5.41, 5.74) is 0. The first-order valence-corrected chi connectivity index (χ1v) is 7.28. The number of hydrogen-bond acceptors (Lipinski definition) is 3. The van der Waals surface area contributed by atoms with Gasteiger partial charge in [0.25, 0.3) is 0 Å². The SMILES string of the molecule is CC(=O)N1CCC(NC(=O)CC2CCOCC2)CC1. The number of carbonyl (C=O) groups excluding carboxylic acids is 2. The third-order valence-electron chi connectivity index (χ3n) is 4.12. The highest BCUT2D eigenvalue weighted by molar-refractivity contribution is 5.76. The Labute approximate surface area is 114 Å². The van der Waals surface area contributed by atoms with Crippen LogP contribution in [0, 0.1) is 5.92 Å². The number of ether oxygens (including phenoxy) is 1. The molecule has 2 aliphatic heterocycles. The van der Waals surface area contributed by atoms with E-state index in [4.69, 9.17) is 4.74 Å². The van der Waals surface area contributed by atoms with Crippen LogP contribution in [-0.4, -0.2) is 49.1 Å². The summed E-state index contributed by atoms with van der Waals surface area (Å²) in [6, 6.07) is 0.239. The lowest BCUT2D eigenvalue weighted by Crippen LogP contribution is -2.46. The first kappa shape index (κ1) is 14.3. The highest BCUT2D eigenvalue weighted by Crippen LogP contribution is 2.19. The molecule has 0 aromatic carbocycles. The summed E-state index contributed by atoms with van der Waals surface area (Å²) in [6.07, 6.45) is 4.36. The van der Waals surface area contributed by atoms with Crippen LogP contribution in [0.15, 0.2) is 0 Å². The number of nitrogens with one attached hydrogen (secondary N) is 1. The third-order valence-corrected chi connectivity index (χ3v) is 4.12. The molecule has 0 radical (unpaired) electrons. The van der Waals surface area contributed by atoms with Crippen LogP contribution in [0.3, 0.4) is 0 Å². The van der Waals surface area contributed by atoms with E-state index in [0.717, 1.165) is 52.0 Å². The summed E-state index contributed by atoms with van der Waals surface area (Å²) < 4.78 is 5.30. The van der Waals surface area contributed by atoms with E-state index in [9.17, 15) is 9.59 Å². The Bertz CT molecular complexity index is 319. The predicted molar refractivity (Wildman–Crippen MR) is 71.6 cm³/mol. The molecule has 2 rings (SSSR count). The highest BCUT2D eigenvalue weighted by atomic mass is 16.5. The standard InChI is InChI=1S/C14H24N2O3/c1-11(17)16-6-2-13(3-7-16)15-14(18)10-12-4-8-19-9-5-12/h12-13H,2-10H2,1H3,(H,15,18). The van der Waals surface area contributed by atoms with Gasteiger partial charge in [-0.3, -0.25) is 9.59 Å². The van der Waals surface area contributed by atoms with Crippen molar-refractivity contribution in [2.75, 3.05) is 26.3 Å². The van der Waals surface area contributed by atoms with Crippen molar-refractivity contribution in [2.24, 2.45) is 5.92 Å². The fourth-order valence-electron chi connectivity index (χ4n) is 2.84. The molecule has 2 amide bonds. The van der Waals surface area contributed by atoms with Crippen molar-refractivity contribution < 1.29 is 14.3 Å². The molecule has 0 atom stereocenters. The quantitative estimate of drug-likeness (QED) is 0.828. The van der Waals surface area contributed by atoms with Gasteiger partial charge in [-0.25, -0.2) is 0 Å². The predicted octanol–water partition coefficient (Wildman–Crippen LogP) is 0.930. The third kappa shape index (κ3) is 4.49. The van der Waals surface area contributed by atoms with E-state index >= 15 is 0 Å². The number of rotatable bonds is 3. The van der Waals surface area contributed by atoms with Crippen LogP contribution in [0.2, 0.25) is 0 Å². The molecule has 0 aromatic rings. The largest absolute Gasteiger partial charge is 0.381 e. The normalized spacial score (nSPS) is 22.3. The number of likely N-dealkylation sites (tertiary alicyclic amines) is 1. The number of amides is 2. The molecule has 0 bridgehead atoms. The van der Waals surface area contributed by atoms with Crippen molar-refractivity contribution in [3.05, 3.63) is 0 Å². The van der Waals surface area contributed by atoms with E-state index in [2.05, 4.69) is 5.32 Å². The van der Waals surface area contributed by atoms with Crippen molar-refractivity contribution in [2.45, 2.75) is 45.1 Å². The molecule has 2 aliphatic rings. The minimum Gasteiger partial charge on any atom is -0.381 e. The number of piperidine rings is 1. The molecule has 19 heavy (non-hydrogen) atoms. The van der Waals surface area contributed by atoms with Gasteiger partial charge in [-0.15, -0.1) is 0 Å². The zero-order chi connectivity index (χ0) is 13.7. The van der Waals surface area contributed by atoms with Gasteiger partial charge in [-0.05, 0) is 31.6 Å². The average molecular weight is 268 g/mol. The van der Waals surface area contributed by atoms with Gasteiger partial charge >= 0.3 is 0 Å². The zero-order valence-corrected chi connectivity index (χ0v) is 11.7. The summed E-state index contributed by atoms with van der Waals surface area (Å²) >= 11 is 0. The Morgan fingerprint density at radius 3 is 2.37 bits per heavy atom. The van der Waals surface area contributed by atoms with Gasteiger partial charge in [-0.1, -0.05) is 0 Å². The Morgan fingerprint density at radius 2 is 1.79 bits per heavy atom. The van der Waals surface area contributed by atoms with Gasteiger partial charge in [0.1, 0.15) is 0 Å². The summed E-state index contributed by atoms with van der Waals surface area (Å²) in [5, 5.41) is 3.11. The van der Waals surface area contributed by atoms with Gasteiger partial charge in [0.05, 0.1) is 0 Å². The smallest absolute Gasteiger partial charge is 0.220 e. The first-order chi connectivity index (χ1) is 9.15. The van der Waals surface area contributed by atoms with Crippen molar-refractivity contribution >= 4 is 11.8 Å². The van der Waals surface area contributed by atoms with Crippen molar-refractivity contribution in [3.63, 3.8) is 0 Å². The molecule has 5 nitrogen and oxygen atoms in total. The van der Waals surface area contributed by atoms with Crippen molar-refractivity contribution in [1.82, 2.24) is 10.2 Å². The summed E-state index contributed by atoms with van der Waals surface area (Å²) in [7, 11) is 0. The van der Waals surface area contributed by atoms with Crippen LogP contribution in [0.4, 0.5) is 0 Å². The lowest BCUT2D eigenvalue weighted by molar-refractivity contribution is -0.130. The molecular formula is C14H24N2O3. The van der Waals surface area contributed by atoms with Crippen LogP contribution in [0.25, 0.3) is 0 Å². The van der Waals surface area contributed by atoms with Crippen LogP contribution in [0.1, 0.15) is 39.0 Å². The number of hydrogen-bond donors (Lipinski definition) is 1. The molecule has 0 spiro atoms. The second-order valence-electron chi connectivity index (χ2n) is 5.61. The van der Waals surface area contributed by atoms with Crippen LogP contribution in [-0.2, 0) is 14.3 Å². The summed E-state index contributed by atoms with van der Waals surface area (Å²) in [4.78, 5) is 25.0. The van der Waals surface area contributed by atoms with E-state index in [1.807, 2.05) is 4.90 Å². The van der Waals surface area contributed by atoms with Crippen molar-refractivity contribution in [1.29, 1.82) is 0 Å². The summed E-state index contributed by atoms with van der Waals surface area (Å²) in [6.45, 7) is 4.70. The van der Waals surface area contributed by atoms with E-state index in [1.54, 1.807) is 6.92 Å². The van der Waals surface area contributed by atoms with Crippen LogP contribution < -0.4 is 5.32 Å². The lowest BCUT2D eigenvalue weighted by atomic mass is 9.95. The molecule has 2 heterocycles. The monoisotopic (exact) mass is 268 g/mol. The van der Waals surface area contributed by atoms with Crippen LogP contribution >= 0.6 is 0 Å². The maximum Gasteiger partial charge on any atom is 0.220 e. The van der Waals surface area contributed by atoms with E-state index in [-0.39, 0.29) is 17.9 Å². The Morgan fingerprint density at radius 1 is 1.16 bits per heavy atom. The molecule has 2 saturated heterocycles. The first-order valence-electron chi connectivity index (χ1n) is 7.28. The molecule has 1 N–H and O–H groups in total. The Balaban J connectivity index is 1.67. The molecule has 5 heteroatoms. The maximum atomic E-state index is 12.0. The molecule has 2 fully saturated rings.